The number of aliphatic hydroxyl groups is 2. The molecule has 12 heteroatoms. The van der Waals surface area contributed by atoms with E-state index in [1.54, 1.807) is 11.1 Å². The number of hydrogen-bond acceptors (Lipinski definition) is 9. The molecular formula is C18H19FN2O9. The zero-order chi connectivity index (χ0) is 22.0. The average Bonchev–Trinajstić information content (AvgIpc) is 3.02. The minimum atomic E-state index is -1.66. The summed E-state index contributed by atoms with van der Waals surface area (Å²) >= 11 is 0. The Morgan fingerprint density at radius 3 is 2.43 bits per heavy atom. The molecule has 0 unspecified atom stereocenters. The highest BCUT2D eigenvalue weighted by Crippen LogP contribution is 2.31. The second-order valence-electron chi connectivity index (χ2n) is 6.33. The van der Waals surface area contributed by atoms with Gasteiger partial charge in [0.05, 0.1) is 20.4 Å². The van der Waals surface area contributed by atoms with Crippen molar-refractivity contribution >= 4 is 5.97 Å². The topological polar surface area (TPSA) is 149 Å². The van der Waals surface area contributed by atoms with Crippen molar-refractivity contribution < 1.29 is 38.3 Å². The molecule has 2 aromatic rings. The molecule has 0 aliphatic carbocycles. The molecule has 3 rings (SSSR count). The summed E-state index contributed by atoms with van der Waals surface area (Å²) in [6.45, 7) is -0.505. The number of esters is 1. The van der Waals surface area contributed by atoms with E-state index >= 15 is 0 Å². The van der Waals surface area contributed by atoms with Crippen molar-refractivity contribution in [3.05, 3.63) is 56.6 Å². The van der Waals surface area contributed by atoms with E-state index < -0.39 is 54.2 Å². The van der Waals surface area contributed by atoms with Crippen LogP contribution in [0.4, 0.5) is 4.39 Å². The molecule has 0 spiro atoms. The Labute approximate surface area is 168 Å². The van der Waals surface area contributed by atoms with Gasteiger partial charge in [0.25, 0.3) is 5.56 Å². The fourth-order valence-electron chi connectivity index (χ4n) is 3.03. The smallest absolute Gasteiger partial charge is 0.345 e. The van der Waals surface area contributed by atoms with Crippen LogP contribution < -0.4 is 20.7 Å². The fraction of sp³-hybridized carbons (Fsp3) is 0.389. The number of H-pyrrole nitrogens is 1. The van der Waals surface area contributed by atoms with Crippen molar-refractivity contribution in [3.63, 3.8) is 0 Å². The second kappa shape index (κ2) is 8.65. The molecule has 1 aromatic carbocycles. The Kier molecular flexibility index (Phi) is 6.20. The van der Waals surface area contributed by atoms with Crippen molar-refractivity contribution in [2.45, 2.75) is 24.5 Å². The van der Waals surface area contributed by atoms with Gasteiger partial charge in [-0.05, 0) is 12.1 Å². The van der Waals surface area contributed by atoms with Crippen LogP contribution in [0, 0.1) is 5.82 Å². The lowest BCUT2D eigenvalue weighted by Gasteiger charge is -2.17. The number of aromatic nitrogens is 2. The molecule has 0 radical (unpaired) electrons. The van der Waals surface area contributed by atoms with Crippen LogP contribution in [0.25, 0.3) is 0 Å². The van der Waals surface area contributed by atoms with E-state index in [1.807, 2.05) is 0 Å². The van der Waals surface area contributed by atoms with Crippen LogP contribution in [0.3, 0.4) is 0 Å². The highest BCUT2D eigenvalue weighted by Gasteiger charge is 2.45. The lowest BCUT2D eigenvalue weighted by atomic mass is 10.1. The number of ether oxygens (including phenoxy) is 4. The zero-order valence-corrected chi connectivity index (χ0v) is 15.9. The van der Waals surface area contributed by atoms with Gasteiger partial charge < -0.3 is 29.2 Å². The van der Waals surface area contributed by atoms with Crippen molar-refractivity contribution in [1.82, 2.24) is 9.55 Å². The molecule has 2 heterocycles. The van der Waals surface area contributed by atoms with E-state index in [0.29, 0.717) is 10.8 Å². The van der Waals surface area contributed by atoms with Gasteiger partial charge in [-0.3, -0.25) is 14.3 Å². The van der Waals surface area contributed by atoms with Crippen molar-refractivity contribution in [3.8, 4) is 11.5 Å². The third kappa shape index (κ3) is 3.92. The number of methoxy groups -OCH3 is 2. The highest BCUT2D eigenvalue weighted by atomic mass is 19.1. The number of nitrogens with zero attached hydrogens (tertiary/aromatic N) is 1. The van der Waals surface area contributed by atoms with E-state index in [-0.39, 0.29) is 17.1 Å². The summed E-state index contributed by atoms with van der Waals surface area (Å²) < 4.78 is 34.9. The number of aliphatic hydroxyl groups excluding tert-OH is 2. The van der Waals surface area contributed by atoms with Crippen molar-refractivity contribution in [2.75, 3.05) is 20.8 Å². The van der Waals surface area contributed by atoms with Crippen LogP contribution in [0.5, 0.6) is 11.5 Å². The van der Waals surface area contributed by atoms with Gasteiger partial charge in [0, 0.05) is 0 Å². The van der Waals surface area contributed by atoms with Gasteiger partial charge >= 0.3 is 11.7 Å². The number of hydrogen-bond donors (Lipinski definition) is 3. The molecule has 1 aliphatic rings. The monoisotopic (exact) mass is 426 g/mol. The molecule has 1 fully saturated rings. The first kappa shape index (κ1) is 21.5. The van der Waals surface area contributed by atoms with Crippen LogP contribution in [0.1, 0.15) is 16.6 Å². The quantitative estimate of drug-likeness (QED) is 0.503. The number of rotatable bonds is 6. The van der Waals surface area contributed by atoms with E-state index in [4.69, 9.17) is 18.9 Å². The van der Waals surface area contributed by atoms with Crippen LogP contribution in [0.2, 0.25) is 0 Å². The Morgan fingerprint density at radius 1 is 1.20 bits per heavy atom. The predicted octanol–water partition coefficient (Wildman–Crippen LogP) is -0.831. The minimum absolute atomic E-state index is 0.00557. The average molecular weight is 426 g/mol. The van der Waals surface area contributed by atoms with Crippen molar-refractivity contribution in [2.24, 2.45) is 0 Å². The summed E-state index contributed by atoms with van der Waals surface area (Å²) in [6, 6.07) is 4.66. The summed E-state index contributed by atoms with van der Waals surface area (Å²) in [5.74, 6) is -1.73. The maximum Gasteiger partial charge on any atom is 0.345 e. The maximum atomic E-state index is 13.5. The van der Waals surface area contributed by atoms with Crippen LogP contribution in [-0.4, -0.2) is 64.9 Å². The normalized spacial score (nSPS) is 23.2. The lowest BCUT2D eigenvalue weighted by Crippen LogP contribution is -2.38. The molecule has 11 nitrogen and oxygen atoms in total. The standard InChI is InChI=1S/C18H19FN2O9/c1-27-9-4-3-5-10(28-2)12(9)17(25)29-7-11-13(22)14(23)16(30-11)21-6-8(19)15(24)20-18(21)26/h3-6,11,13-14,16,22-23H,7H2,1-2H3,(H,20,24,26)/t11-,13-,14-,16-/m1/s1. The Hall–Kier alpha value is -3.22. The Morgan fingerprint density at radius 2 is 1.83 bits per heavy atom. The second-order valence-corrected chi connectivity index (χ2v) is 6.33. The molecule has 30 heavy (non-hydrogen) atoms. The summed E-state index contributed by atoms with van der Waals surface area (Å²) in [4.78, 5) is 37.3. The largest absolute Gasteiger partial charge is 0.496 e. The minimum Gasteiger partial charge on any atom is -0.496 e. The van der Waals surface area contributed by atoms with Gasteiger partial charge in [-0.2, -0.15) is 4.39 Å². The molecule has 1 aromatic heterocycles. The summed E-state index contributed by atoms with van der Waals surface area (Å²) in [7, 11) is 2.72. The van der Waals surface area contributed by atoms with Gasteiger partial charge in [-0.25, -0.2) is 9.59 Å². The van der Waals surface area contributed by atoms with Crippen LogP contribution >= 0.6 is 0 Å². The molecule has 1 saturated heterocycles. The first-order valence-electron chi connectivity index (χ1n) is 8.69. The Bertz CT molecular complexity index is 1030. The Balaban J connectivity index is 1.76. The van der Waals surface area contributed by atoms with Crippen LogP contribution in [-0.2, 0) is 9.47 Å². The summed E-state index contributed by atoms with van der Waals surface area (Å²) in [6.07, 6.45) is -5.42. The van der Waals surface area contributed by atoms with Gasteiger partial charge in [-0.1, -0.05) is 6.07 Å². The fourth-order valence-corrected chi connectivity index (χ4v) is 3.03. The third-order valence-electron chi connectivity index (χ3n) is 4.55. The lowest BCUT2D eigenvalue weighted by molar-refractivity contribution is -0.0603. The van der Waals surface area contributed by atoms with Crippen LogP contribution in [0.15, 0.2) is 34.0 Å². The molecule has 0 amide bonds. The third-order valence-corrected chi connectivity index (χ3v) is 4.55. The van der Waals surface area contributed by atoms with E-state index in [9.17, 15) is 29.0 Å². The van der Waals surface area contributed by atoms with Gasteiger partial charge in [0.2, 0.25) is 5.82 Å². The zero-order valence-electron chi connectivity index (χ0n) is 15.9. The first-order valence-corrected chi connectivity index (χ1v) is 8.69. The van der Waals surface area contributed by atoms with Gasteiger partial charge in [0.15, 0.2) is 6.23 Å². The molecule has 3 N–H and O–H groups in total. The molecule has 4 atom stereocenters. The molecule has 0 saturated carbocycles. The first-order chi connectivity index (χ1) is 14.3. The SMILES string of the molecule is COc1cccc(OC)c1C(=O)OC[C@H]1O[C@@H](n2cc(F)c(=O)[nH]c2=O)[C@H](O)[C@@H]1O. The number of aromatic amines is 1. The molecular weight excluding hydrogens is 407 g/mol. The number of halogens is 1. The number of nitrogens with one attached hydrogen (secondary N) is 1. The summed E-state index contributed by atoms with van der Waals surface area (Å²) in [5.41, 5.74) is -2.28. The predicted molar refractivity (Wildman–Crippen MR) is 97.0 cm³/mol. The molecule has 162 valence electrons. The van der Waals surface area contributed by atoms with Gasteiger partial charge in [-0.15, -0.1) is 0 Å². The van der Waals surface area contributed by atoms with E-state index in [2.05, 4.69) is 0 Å². The number of benzene rings is 1. The van der Waals surface area contributed by atoms with E-state index in [0.717, 1.165) is 0 Å². The van der Waals surface area contributed by atoms with E-state index in [1.165, 1.54) is 26.4 Å². The number of carbonyl (C=O) groups excluding carboxylic acids is 1. The van der Waals surface area contributed by atoms with Crippen molar-refractivity contribution in [1.29, 1.82) is 0 Å². The van der Waals surface area contributed by atoms with Gasteiger partial charge in [0.1, 0.15) is 42.0 Å². The maximum absolute atomic E-state index is 13.5. The highest BCUT2D eigenvalue weighted by molar-refractivity contribution is 5.95. The number of carbonyl (C=O) groups is 1. The molecule has 0 bridgehead atoms. The molecule has 1 aliphatic heterocycles. The summed E-state index contributed by atoms with van der Waals surface area (Å²) in [5, 5.41) is 20.4.